The maximum absolute atomic E-state index is 13.6. The Kier molecular flexibility index (Phi) is 8.51. The summed E-state index contributed by atoms with van der Waals surface area (Å²) in [6.45, 7) is 3.36. The van der Waals surface area contributed by atoms with Gasteiger partial charge in [-0.25, -0.2) is 9.36 Å². The summed E-state index contributed by atoms with van der Waals surface area (Å²) >= 11 is 0. The third-order valence-corrected chi connectivity index (χ3v) is 10.1. The molecule has 52 heavy (non-hydrogen) atoms. The number of fused-ring (bicyclic) bond motifs is 1. The average molecular weight is 698 g/mol. The Morgan fingerprint density at radius 3 is 2.54 bits per heavy atom. The van der Waals surface area contributed by atoms with Crippen molar-refractivity contribution in [3.05, 3.63) is 124 Å². The van der Waals surface area contributed by atoms with Gasteiger partial charge < -0.3 is 15.0 Å². The number of amides is 2. The molecule has 2 saturated heterocycles. The van der Waals surface area contributed by atoms with Crippen LogP contribution in [0.3, 0.4) is 0 Å². The van der Waals surface area contributed by atoms with Gasteiger partial charge in [0.05, 0.1) is 28.3 Å². The van der Waals surface area contributed by atoms with Crippen LogP contribution in [-0.4, -0.2) is 76.9 Å². The summed E-state index contributed by atoms with van der Waals surface area (Å²) in [6, 6.07) is 26.8. The van der Waals surface area contributed by atoms with Gasteiger partial charge in [0.15, 0.2) is 0 Å². The van der Waals surface area contributed by atoms with E-state index in [1.165, 1.54) is 10.7 Å². The number of benzene rings is 4. The second-order valence-electron chi connectivity index (χ2n) is 13.4. The standard InChI is InChI=1S/C38H35N9O5/c1-25-11-12-26(21-30(25)36(48)39-28-7-3-2-4-8-28)32-24-45(42-41-32)29-15-20-52-38(23-29)16-18-44(19-17-38)37(49)27-13-14-34(35(22-27)47(50)51)46-33-10-6-5-9-31(33)40-43-46/h2-14,21-22,24,29H,15-20,23H2,1H3,(H,39,48). The molecular weight excluding hydrogens is 662 g/mol. The highest BCUT2D eigenvalue weighted by atomic mass is 16.6. The minimum Gasteiger partial charge on any atom is -0.375 e. The number of likely N-dealkylation sites (tertiary alicyclic amines) is 1. The molecule has 14 heteroatoms. The van der Waals surface area contributed by atoms with Gasteiger partial charge in [-0.05, 0) is 80.6 Å². The lowest BCUT2D eigenvalue weighted by atomic mass is 9.82. The Hall–Kier alpha value is -6.28. The number of aromatic nitrogens is 6. The Balaban J connectivity index is 0.937. The van der Waals surface area contributed by atoms with Gasteiger partial charge >= 0.3 is 0 Å². The largest absolute Gasteiger partial charge is 0.375 e. The van der Waals surface area contributed by atoms with Crippen LogP contribution >= 0.6 is 0 Å². The molecule has 0 radical (unpaired) electrons. The van der Waals surface area contributed by atoms with Crippen molar-refractivity contribution in [3.8, 4) is 16.9 Å². The molecule has 2 fully saturated rings. The smallest absolute Gasteiger partial charge is 0.295 e. The molecule has 1 N–H and O–H groups in total. The van der Waals surface area contributed by atoms with Gasteiger partial charge in [-0.15, -0.1) is 10.2 Å². The fourth-order valence-electron chi connectivity index (χ4n) is 7.24. The van der Waals surface area contributed by atoms with E-state index in [0.29, 0.717) is 61.2 Å². The van der Waals surface area contributed by atoms with Crippen molar-refractivity contribution in [3.63, 3.8) is 0 Å². The van der Waals surface area contributed by atoms with Crippen LogP contribution in [0.5, 0.6) is 0 Å². The summed E-state index contributed by atoms with van der Waals surface area (Å²) in [5.74, 6) is -0.457. The van der Waals surface area contributed by atoms with E-state index in [1.807, 2.05) is 78.5 Å². The number of carbonyl (C=O) groups excluding carboxylic acids is 2. The third-order valence-electron chi connectivity index (χ3n) is 10.1. The zero-order valence-corrected chi connectivity index (χ0v) is 28.4. The highest BCUT2D eigenvalue weighted by Gasteiger charge is 2.42. The third kappa shape index (κ3) is 6.28. The molecule has 1 atom stereocenters. The number of piperidine rings is 1. The van der Waals surface area contributed by atoms with E-state index >= 15 is 0 Å². The molecule has 2 amide bonds. The molecule has 14 nitrogen and oxygen atoms in total. The number of ether oxygens (including phenoxy) is 1. The van der Waals surface area contributed by atoms with Crippen LogP contribution < -0.4 is 5.32 Å². The number of aryl methyl sites for hydroxylation is 1. The molecule has 0 saturated carbocycles. The molecule has 2 aliphatic heterocycles. The van der Waals surface area contributed by atoms with Crippen LogP contribution in [0.25, 0.3) is 28.0 Å². The molecule has 1 unspecified atom stereocenters. The minimum absolute atomic E-state index is 0.0478. The molecule has 0 aliphatic carbocycles. The van der Waals surface area contributed by atoms with Crippen molar-refractivity contribution in [1.29, 1.82) is 0 Å². The van der Waals surface area contributed by atoms with Gasteiger partial charge in [0, 0.05) is 48.1 Å². The van der Waals surface area contributed by atoms with Gasteiger partial charge in [-0.3, -0.25) is 19.7 Å². The number of para-hydroxylation sites is 2. The van der Waals surface area contributed by atoms with Crippen molar-refractivity contribution in [2.75, 3.05) is 25.0 Å². The van der Waals surface area contributed by atoms with E-state index in [9.17, 15) is 19.7 Å². The normalized spacial score (nSPS) is 16.9. The summed E-state index contributed by atoms with van der Waals surface area (Å²) in [6.07, 6.45) is 4.65. The lowest BCUT2D eigenvalue weighted by molar-refractivity contribution is -0.384. The predicted octanol–water partition coefficient (Wildman–Crippen LogP) is 6.17. The number of anilines is 1. The van der Waals surface area contributed by atoms with E-state index in [-0.39, 0.29) is 34.8 Å². The number of nitro groups is 1. The van der Waals surface area contributed by atoms with Gasteiger partial charge in [-0.2, -0.15) is 0 Å². The van der Waals surface area contributed by atoms with Crippen LogP contribution in [-0.2, 0) is 4.74 Å². The van der Waals surface area contributed by atoms with Crippen LogP contribution in [0, 0.1) is 17.0 Å². The number of nitrogens with one attached hydrogen (secondary N) is 1. The summed E-state index contributed by atoms with van der Waals surface area (Å²) in [5, 5.41) is 32.3. The fourth-order valence-corrected chi connectivity index (χ4v) is 7.24. The van der Waals surface area contributed by atoms with Gasteiger partial charge in [0.25, 0.3) is 17.5 Å². The topological polar surface area (TPSA) is 163 Å². The second kappa shape index (κ2) is 13.5. The van der Waals surface area contributed by atoms with Crippen molar-refractivity contribution in [1.82, 2.24) is 34.9 Å². The van der Waals surface area contributed by atoms with Crippen molar-refractivity contribution < 1.29 is 19.2 Å². The molecular formula is C38H35N9O5. The monoisotopic (exact) mass is 697 g/mol. The number of hydrogen-bond acceptors (Lipinski definition) is 9. The predicted molar refractivity (Wildman–Crippen MR) is 192 cm³/mol. The summed E-state index contributed by atoms with van der Waals surface area (Å²) < 4.78 is 9.69. The summed E-state index contributed by atoms with van der Waals surface area (Å²) in [5.41, 5.74) is 4.69. The molecule has 2 aromatic heterocycles. The first-order valence-corrected chi connectivity index (χ1v) is 17.2. The van der Waals surface area contributed by atoms with Crippen molar-refractivity contribution >= 4 is 34.2 Å². The highest BCUT2D eigenvalue weighted by Crippen LogP contribution is 2.40. The highest BCUT2D eigenvalue weighted by molar-refractivity contribution is 6.06. The van der Waals surface area contributed by atoms with E-state index < -0.39 is 10.5 Å². The molecule has 4 aromatic carbocycles. The average Bonchev–Trinajstić information content (AvgIpc) is 3.84. The Morgan fingerprint density at radius 1 is 0.942 bits per heavy atom. The maximum atomic E-state index is 13.6. The van der Waals surface area contributed by atoms with Crippen molar-refractivity contribution in [2.24, 2.45) is 0 Å². The fraction of sp³-hybridized carbons (Fsp3) is 0.263. The van der Waals surface area contributed by atoms with E-state index in [2.05, 4.69) is 25.9 Å². The van der Waals surface area contributed by atoms with Crippen LogP contribution in [0.15, 0.2) is 97.2 Å². The number of rotatable bonds is 7. The maximum Gasteiger partial charge on any atom is 0.295 e. The zero-order chi connectivity index (χ0) is 35.8. The van der Waals surface area contributed by atoms with E-state index in [1.54, 1.807) is 29.2 Å². The zero-order valence-electron chi connectivity index (χ0n) is 28.4. The first-order valence-electron chi connectivity index (χ1n) is 17.2. The molecule has 262 valence electrons. The molecule has 4 heterocycles. The number of hydrogen-bond donors (Lipinski definition) is 1. The lowest BCUT2D eigenvalue weighted by Crippen LogP contribution is -2.51. The van der Waals surface area contributed by atoms with Crippen LogP contribution in [0.4, 0.5) is 11.4 Å². The van der Waals surface area contributed by atoms with Crippen LogP contribution in [0.1, 0.15) is 58.0 Å². The Labute approximate surface area is 298 Å². The molecule has 6 aromatic rings. The Morgan fingerprint density at radius 2 is 1.73 bits per heavy atom. The number of nitro benzene ring substituents is 1. The van der Waals surface area contributed by atoms with Gasteiger partial charge in [0.2, 0.25) is 0 Å². The Bertz CT molecular complexity index is 2310. The molecule has 0 bridgehead atoms. The van der Waals surface area contributed by atoms with Gasteiger partial charge in [-0.1, -0.05) is 52.9 Å². The van der Waals surface area contributed by atoms with Gasteiger partial charge in [0.1, 0.15) is 16.9 Å². The summed E-state index contributed by atoms with van der Waals surface area (Å²) in [7, 11) is 0. The molecule has 2 aliphatic rings. The first kappa shape index (κ1) is 32.9. The van der Waals surface area contributed by atoms with E-state index in [4.69, 9.17) is 4.74 Å². The quantitative estimate of drug-likeness (QED) is 0.152. The lowest BCUT2D eigenvalue weighted by Gasteiger charge is -2.46. The number of nitrogens with zero attached hydrogens (tertiary/aromatic N) is 8. The molecule has 8 rings (SSSR count). The summed E-state index contributed by atoms with van der Waals surface area (Å²) in [4.78, 5) is 40.1. The van der Waals surface area contributed by atoms with Crippen LogP contribution in [0.2, 0.25) is 0 Å². The SMILES string of the molecule is Cc1ccc(-c2cn(C3CCOC4(CCN(C(=O)c5ccc(-n6nnc7ccccc76)c([N+](=O)[O-])c5)CC4)C3)nn2)cc1C(=O)Nc1ccccc1. The first-order chi connectivity index (χ1) is 25.3. The minimum atomic E-state index is -0.500. The molecule has 1 spiro atoms. The number of carbonyl (C=O) groups is 2. The van der Waals surface area contributed by atoms with Crippen molar-refractivity contribution in [2.45, 2.75) is 44.2 Å². The second-order valence-corrected chi connectivity index (χ2v) is 13.4. The van der Waals surface area contributed by atoms with E-state index in [0.717, 1.165) is 23.2 Å².